The molecule has 0 aliphatic heterocycles. The normalized spacial score (nSPS) is 14.4. The number of thiophene rings is 1. The molecule has 1 amide bonds. The number of aromatic nitrogens is 1. The van der Waals surface area contributed by atoms with Crippen LogP contribution in [0.4, 0.5) is 5.69 Å². The summed E-state index contributed by atoms with van der Waals surface area (Å²) < 4.78 is 0. The summed E-state index contributed by atoms with van der Waals surface area (Å²) in [5, 5.41) is 4.47. The van der Waals surface area contributed by atoms with Crippen molar-refractivity contribution in [3.8, 4) is 0 Å². The van der Waals surface area contributed by atoms with E-state index in [1.165, 1.54) is 48.3 Å². The van der Waals surface area contributed by atoms with Crippen molar-refractivity contribution < 1.29 is 4.79 Å². The van der Waals surface area contributed by atoms with Gasteiger partial charge in [-0.2, -0.15) is 0 Å². The summed E-state index contributed by atoms with van der Waals surface area (Å²) in [5.74, 6) is -0.178. The summed E-state index contributed by atoms with van der Waals surface area (Å²) in [7, 11) is 0. The number of nitrogens with one attached hydrogen (secondary N) is 1. The summed E-state index contributed by atoms with van der Waals surface area (Å²) in [6.45, 7) is 0.371. The van der Waals surface area contributed by atoms with Crippen molar-refractivity contribution >= 4 is 44.7 Å². The van der Waals surface area contributed by atoms with Gasteiger partial charge in [0, 0.05) is 22.6 Å². The number of nitrogens with two attached hydrogens (primary N) is 1. The van der Waals surface area contributed by atoms with Crippen molar-refractivity contribution in [3.63, 3.8) is 0 Å². The van der Waals surface area contributed by atoms with E-state index in [1.807, 2.05) is 24.3 Å². The average molecular weight is 400 g/mol. The maximum Gasteiger partial charge on any atom is 0.263 e. The van der Waals surface area contributed by atoms with E-state index in [-0.39, 0.29) is 5.91 Å². The summed E-state index contributed by atoms with van der Waals surface area (Å²) >= 11 is 7.54. The van der Waals surface area contributed by atoms with Crippen molar-refractivity contribution in [2.24, 2.45) is 0 Å². The third-order valence-electron chi connectivity index (χ3n) is 5.10. The number of nitrogen functional groups attached to an aromatic ring is 1. The van der Waals surface area contributed by atoms with Crippen LogP contribution in [0, 0.1) is 0 Å². The van der Waals surface area contributed by atoms with Crippen LogP contribution in [0.3, 0.4) is 0 Å². The minimum atomic E-state index is -0.178. The zero-order chi connectivity index (χ0) is 18.8. The van der Waals surface area contributed by atoms with E-state index in [9.17, 15) is 4.79 Å². The molecular formula is C21H22ClN3OS. The molecule has 0 bridgehead atoms. The van der Waals surface area contributed by atoms with Crippen molar-refractivity contribution in [1.82, 2.24) is 10.3 Å². The molecule has 0 saturated carbocycles. The highest BCUT2D eigenvalue weighted by atomic mass is 35.5. The molecule has 1 aliphatic carbocycles. The second kappa shape index (κ2) is 7.87. The van der Waals surface area contributed by atoms with Crippen LogP contribution >= 0.6 is 22.9 Å². The molecule has 0 radical (unpaired) electrons. The predicted molar refractivity (Wildman–Crippen MR) is 113 cm³/mol. The highest BCUT2D eigenvalue weighted by Gasteiger charge is 2.20. The van der Waals surface area contributed by atoms with Crippen molar-refractivity contribution in [2.45, 2.75) is 45.1 Å². The van der Waals surface area contributed by atoms with Gasteiger partial charge in [-0.05, 0) is 48.9 Å². The van der Waals surface area contributed by atoms with E-state index < -0.39 is 0 Å². The lowest BCUT2D eigenvalue weighted by Gasteiger charge is -2.12. The Hall–Kier alpha value is -2.11. The van der Waals surface area contributed by atoms with Gasteiger partial charge in [0.15, 0.2) is 0 Å². The van der Waals surface area contributed by atoms with Crippen LogP contribution in [0.25, 0.3) is 10.2 Å². The maximum absolute atomic E-state index is 12.7. The molecule has 0 unspecified atom stereocenters. The lowest BCUT2D eigenvalue weighted by Crippen LogP contribution is -2.22. The Morgan fingerprint density at radius 3 is 2.78 bits per heavy atom. The fraction of sp³-hybridized carbons (Fsp3) is 0.333. The smallest absolute Gasteiger partial charge is 0.263 e. The number of nitrogens with zero attached hydrogens (tertiary/aromatic N) is 1. The van der Waals surface area contributed by atoms with E-state index in [0.717, 1.165) is 28.6 Å². The van der Waals surface area contributed by atoms with Crippen LogP contribution in [0.15, 0.2) is 30.3 Å². The molecule has 4 rings (SSSR count). The molecule has 0 spiro atoms. The Morgan fingerprint density at radius 2 is 1.96 bits per heavy atom. The molecule has 3 aromatic rings. The second-order valence-corrected chi connectivity index (χ2v) is 8.39. The number of halogens is 1. The number of hydrogen-bond donors (Lipinski definition) is 2. The van der Waals surface area contributed by atoms with Gasteiger partial charge in [-0.15, -0.1) is 11.3 Å². The molecule has 2 aromatic heterocycles. The molecule has 1 aliphatic rings. The predicted octanol–water partition coefficient (Wildman–Crippen LogP) is 5.12. The van der Waals surface area contributed by atoms with Crippen molar-refractivity contribution in [1.29, 1.82) is 0 Å². The molecule has 0 fully saturated rings. The fourth-order valence-corrected chi connectivity index (χ4v) is 4.79. The highest BCUT2D eigenvalue weighted by molar-refractivity contribution is 7.21. The first kappa shape index (κ1) is 18.3. The first-order chi connectivity index (χ1) is 13.1. The molecule has 2 heterocycles. The van der Waals surface area contributed by atoms with Crippen LogP contribution in [0.2, 0.25) is 5.02 Å². The molecule has 0 atom stereocenters. The molecule has 4 nitrogen and oxygen atoms in total. The molecule has 27 heavy (non-hydrogen) atoms. The minimum Gasteiger partial charge on any atom is -0.397 e. The van der Waals surface area contributed by atoms with E-state index in [1.54, 1.807) is 0 Å². The first-order valence-corrected chi connectivity index (χ1v) is 10.6. The van der Waals surface area contributed by atoms with Gasteiger partial charge < -0.3 is 11.1 Å². The van der Waals surface area contributed by atoms with Crippen molar-refractivity contribution in [3.05, 3.63) is 57.1 Å². The molecule has 3 N–H and O–H groups in total. The van der Waals surface area contributed by atoms with E-state index in [2.05, 4.69) is 11.4 Å². The summed E-state index contributed by atoms with van der Waals surface area (Å²) in [5.41, 5.74) is 10.2. The minimum absolute atomic E-state index is 0.178. The van der Waals surface area contributed by atoms with Crippen molar-refractivity contribution in [2.75, 3.05) is 5.73 Å². The molecule has 0 saturated heterocycles. The maximum atomic E-state index is 12.7. The monoisotopic (exact) mass is 399 g/mol. The van der Waals surface area contributed by atoms with Crippen LogP contribution in [-0.2, 0) is 19.4 Å². The number of rotatable bonds is 3. The Labute approximate surface area is 167 Å². The molecular weight excluding hydrogens is 378 g/mol. The standard InChI is InChI=1S/C21H22ClN3OS/c22-16-9-6-5-8-14(16)12-24-20(26)19-18(23)15-11-13-7-3-1-2-4-10-17(13)25-21(15)27-19/h5-6,8-9,11H,1-4,7,10,12,23H2,(H,24,26). The number of fused-ring (bicyclic) bond motifs is 2. The Bertz CT molecular complexity index is 999. The molecule has 140 valence electrons. The number of aryl methyl sites for hydroxylation is 2. The van der Waals surface area contributed by atoms with Gasteiger partial charge in [-0.1, -0.05) is 42.6 Å². The lowest BCUT2D eigenvalue weighted by atomic mass is 9.96. The fourth-order valence-electron chi connectivity index (χ4n) is 3.58. The average Bonchev–Trinajstić information content (AvgIpc) is 2.97. The van der Waals surface area contributed by atoms with Gasteiger partial charge in [0.2, 0.25) is 0 Å². The van der Waals surface area contributed by atoms with Gasteiger partial charge in [0.05, 0.1) is 5.69 Å². The number of anilines is 1. The Balaban J connectivity index is 1.60. The van der Waals surface area contributed by atoms with Gasteiger partial charge in [-0.3, -0.25) is 4.79 Å². The first-order valence-electron chi connectivity index (χ1n) is 9.36. The van der Waals surface area contributed by atoms with Crippen LogP contribution in [0.5, 0.6) is 0 Å². The van der Waals surface area contributed by atoms with E-state index in [0.29, 0.717) is 22.1 Å². The summed E-state index contributed by atoms with van der Waals surface area (Å²) in [6.07, 6.45) is 6.96. The third kappa shape index (κ3) is 3.80. The Morgan fingerprint density at radius 1 is 1.19 bits per heavy atom. The number of carbonyl (C=O) groups is 1. The largest absolute Gasteiger partial charge is 0.397 e. The number of amides is 1. The second-order valence-electron chi connectivity index (χ2n) is 6.98. The summed E-state index contributed by atoms with van der Waals surface area (Å²) in [4.78, 5) is 18.9. The van der Waals surface area contributed by atoms with Gasteiger partial charge in [-0.25, -0.2) is 4.98 Å². The lowest BCUT2D eigenvalue weighted by molar-refractivity contribution is 0.0956. The topological polar surface area (TPSA) is 68.0 Å². The van der Waals surface area contributed by atoms with Crippen LogP contribution in [-0.4, -0.2) is 10.9 Å². The number of benzene rings is 1. The quantitative estimate of drug-likeness (QED) is 0.642. The third-order valence-corrected chi connectivity index (χ3v) is 6.59. The van der Waals surface area contributed by atoms with Gasteiger partial charge in [0.25, 0.3) is 5.91 Å². The number of pyridine rings is 1. The summed E-state index contributed by atoms with van der Waals surface area (Å²) in [6, 6.07) is 9.64. The number of carbonyl (C=O) groups excluding carboxylic acids is 1. The molecule has 1 aromatic carbocycles. The van der Waals surface area contributed by atoms with E-state index in [4.69, 9.17) is 22.3 Å². The zero-order valence-corrected chi connectivity index (χ0v) is 16.6. The van der Waals surface area contributed by atoms with E-state index >= 15 is 0 Å². The van der Waals surface area contributed by atoms with Crippen LogP contribution < -0.4 is 11.1 Å². The molecule has 6 heteroatoms. The zero-order valence-electron chi connectivity index (χ0n) is 15.1. The highest BCUT2D eigenvalue weighted by Crippen LogP contribution is 2.35. The van der Waals surface area contributed by atoms with Gasteiger partial charge >= 0.3 is 0 Å². The van der Waals surface area contributed by atoms with Crippen LogP contribution in [0.1, 0.15) is 52.2 Å². The SMILES string of the molecule is Nc1c(C(=O)NCc2ccccc2Cl)sc2nc3c(cc12)CCCCCC3. The number of hydrogen-bond acceptors (Lipinski definition) is 4. The van der Waals surface area contributed by atoms with Gasteiger partial charge in [0.1, 0.15) is 9.71 Å². The Kier molecular flexibility index (Phi) is 5.32.